The van der Waals surface area contributed by atoms with Crippen LogP contribution in [0.5, 0.6) is 11.9 Å². The standard InChI is InChI=1S/C9H8ClIN2O2/c1-2-14-8-6-7(10)12-9(13-8)15-5-3-4-11/h6H,2,5H2,1H3. The summed E-state index contributed by atoms with van der Waals surface area (Å²) in [7, 11) is 0. The summed E-state index contributed by atoms with van der Waals surface area (Å²) < 4.78 is 13.0. The largest absolute Gasteiger partial charge is 0.478 e. The molecule has 0 aromatic carbocycles. The monoisotopic (exact) mass is 338 g/mol. The van der Waals surface area contributed by atoms with E-state index in [-0.39, 0.29) is 17.8 Å². The van der Waals surface area contributed by atoms with Crippen molar-refractivity contribution in [1.29, 1.82) is 0 Å². The molecule has 0 aliphatic carbocycles. The molecule has 0 saturated heterocycles. The van der Waals surface area contributed by atoms with Gasteiger partial charge in [-0.05, 0) is 10.9 Å². The van der Waals surface area contributed by atoms with Crippen molar-refractivity contribution in [3.63, 3.8) is 0 Å². The molecule has 0 radical (unpaired) electrons. The molecular weight excluding hydrogens is 330 g/mol. The van der Waals surface area contributed by atoms with Gasteiger partial charge < -0.3 is 9.47 Å². The number of aromatic nitrogens is 2. The Balaban J connectivity index is 2.72. The van der Waals surface area contributed by atoms with Crippen LogP contribution in [0.15, 0.2) is 6.07 Å². The molecule has 1 aromatic heterocycles. The molecule has 0 amide bonds. The number of hydrogen-bond donors (Lipinski definition) is 0. The first-order valence-electron chi connectivity index (χ1n) is 4.15. The van der Waals surface area contributed by atoms with Crippen LogP contribution < -0.4 is 9.47 Å². The van der Waals surface area contributed by atoms with Gasteiger partial charge in [-0.3, -0.25) is 0 Å². The van der Waals surface area contributed by atoms with Crippen LogP contribution in [-0.4, -0.2) is 23.2 Å². The van der Waals surface area contributed by atoms with Gasteiger partial charge in [0.25, 0.3) is 0 Å². The van der Waals surface area contributed by atoms with Crippen LogP contribution in [0.2, 0.25) is 5.15 Å². The third-order valence-corrected chi connectivity index (χ3v) is 1.86. The Bertz CT molecular complexity index is 389. The summed E-state index contributed by atoms with van der Waals surface area (Å²) in [5, 5.41) is 0.283. The van der Waals surface area contributed by atoms with Gasteiger partial charge in [-0.25, -0.2) is 0 Å². The van der Waals surface area contributed by atoms with Gasteiger partial charge >= 0.3 is 6.01 Å². The van der Waals surface area contributed by atoms with Gasteiger partial charge in [-0.2, -0.15) is 9.97 Å². The van der Waals surface area contributed by atoms with E-state index < -0.39 is 0 Å². The Hall–Kier alpha value is -0.740. The molecule has 80 valence electrons. The fraction of sp³-hybridized carbons (Fsp3) is 0.333. The quantitative estimate of drug-likeness (QED) is 0.480. The molecule has 1 heterocycles. The predicted octanol–water partition coefficient (Wildman–Crippen LogP) is 2.30. The van der Waals surface area contributed by atoms with E-state index in [1.165, 1.54) is 6.07 Å². The van der Waals surface area contributed by atoms with Crippen LogP contribution in [0.4, 0.5) is 0 Å². The van der Waals surface area contributed by atoms with E-state index in [1.807, 2.05) is 29.5 Å². The molecule has 0 bridgehead atoms. The van der Waals surface area contributed by atoms with Gasteiger partial charge in [-0.15, -0.1) is 0 Å². The minimum Gasteiger partial charge on any atom is -0.478 e. The molecule has 15 heavy (non-hydrogen) atoms. The molecule has 0 unspecified atom stereocenters. The number of halogens is 2. The van der Waals surface area contributed by atoms with Gasteiger partial charge in [0.15, 0.2) is 6.61 Å². The number of nitrogens with zero attached hydrogens (tertiary/aromatic N) is 2. The van der Waals surface area contributed by atoms with Crippen molar-refractivity contribution >= 4 is 34.2 Å². The van der Waals surface area contributed by atoms with Crippen LogP contribution in [0.3, 0.4) is 0 Å². The van der Waals surface area contributed by atoms with Crippen molar-refractivity contribution in [3.8, 4) is 21.7 Å². The molecule has 1 rings (SSSR count). The smallest absolute Gasteiger partial charge is 0.322 e. The molecule has 4 nitrogen and oxygen atoms in total. The first kappa shape index (κ1) is 12.3. The molecule has 1 aromatic rings. The molecule has 0 aliphatic rings. The van der Waals surface area contributed by atoms with Crippen LogP contribution in [0.25, 0.3) is 0 Å². The van der Waals surface area contributed by atoms with E-state index >= 15 is 0 Å². The van der Waals surface area contributed by atoms with E-state index in [1.54, 1.807) is 0 Å². The van der Waals surface area contributed by atoms with E-state index in [4.69, 9.17) is 21.1 Å². The maximum Gasteiger partial charge on any atom is 0.322 e. The number of ether oxygens (including phenoxy) is 2. The topological polar surface area (TPSA) is 44.2 Å². The minimum absolute atomic E-state index is 0.171. The highest BCUT2D eigenvalue weighted by Crippen LogP contribution is 2.17. The lowest BCUT2D eigenvalue weighted by molar-refractivity contribution is 0.301. The molecule has 0 saturated carbocycles. The molecule has 6 heteroatoms. The van der Waals surface area contributed by atoms with Crippen LogP contribution in [0.1, 0.15) is 6.92 Å². The van der Waals surface area contributed by atoms with Gasteiger partial charge in [0.1, 0.15) is 5.15 Å². The van der Waals surface area contributed by atoms with Crippen molar-refractivity contribution in [1.82, 2.24) is 9.97 Å². The number of hydrogen-bond acceptors (Lipinski definition) is 4. The zero-order valence-corrected chi connectivity index (χ0v) is 10.9. The predicted molar refractivity (Wildman–Crippen MR) is 65.5 cm³/mol. The maximum absolute atomic E-state index is 5.75. The summed E-state index contributed by atoms with van der Waals surface area (Å²) in [6, 6.07) is 1.70. The molecule has 0 N–H and O–H groups in total. The first-order chi connectivity index (χ1) is 7.26. The first-order valence-corrected chi connectivity index (χ1v) is 5.60. The van der Waals surface area contributed by atoms with Crippen molar-refractivity contribution in [2.24, 2.45) is 0 Å². The van der Waals surface area contributed by atoms with Crippen LogP contribution in [0, 0.1) is 9.85 Å². The lowest BCUT2D eigenvalue weighted by Gasteiger charge is -2.04. The van der Waals surface area contributed by atoms with E-state index in [0.29, 0.717) is 12.5 Å². The second-order valence-electron chi connectivity index (χ2n) is 2.30. The molecule has 0 aliphatic heterocycles. The second kappa shape index (κ2) is 6.69. The summed E-state index contributed by atoms with van der Waals surface area (Å²) in [6.45, 7) is 2.60. The third-order valence-electron chi connectivity index (χ3n) is 1.28. The zero-order valence-electron chi connectivity index (χ0n) is 7.96. The second-order valence-corrected chi connectivity index (χ2v) is 3.23. The highest BCUT2D eigenvalue weighted by Gasteiger charge is 2.04. The Morgan fingerprint density at radius 1 is 1.47 bits per heavy atom. The van der Waals surface area contributed by atoms with Crippen LogP contribution in [-0.2, 0) is 0 Å². The van der Waals surface area contributed by atoms with Gasteiger partial charge in [-0.1, -0.05) is 17.5 Å². The summed E-state index contributed by atoms with van der Waals surface area (Å²) in [4.78, 5) is 7.85. The molecule has 0 spiro atoms. The van der Waals surface area contributed by atoms with Crippen molar-refractivity contribution in [3.05, 3.63) is 11.2 Å². The highest BCUT2D eigenvalue weighted by molar-refractivity contribution is 14.1. The summed E-state index contributed by atoms with van der Waals surface area (Å²) in [5.41, 5.74) is 0. The van der Waals surface area contributed by atoms with Gasteiger partial charge in [0, 0.05) is 28.7 Å². The fourth-order valence-electron chi connectivity index (χ4n) is 0.791. The summed E-state index contributed by atoms with van der Waals surface area (Å²) in [6.07, 6.45) is 0. The maximum atomic E-state index is 5.75. The van der Waals surface area contributed by atoms with Crippen molar-refractivity contribution in [2.45, 2.75) is 6.92 Å². The van der Waals surface area contributed by atoms with Crippen LogP contribution >= 0.6 is 34.2 Å². The zero-order chi connectivity index (χ0) is 11.1. The Morgan fingerprint density at radius 2 is 2.27 bits per heavy atom. The molecule has 0 fully saturated rings. The fourth-order valence-corrected chi connectivity index (χ4v) is 1.11. The van der Waals surface area contributed by atoms with E-state index in [0.717, 1.165) is 0 Å². The third kappa shape index (κ3) is 4.53. The molecule has 0 atom stereocenters. The SMILES string of the molecule is CCOc1cc(Cl)nc(OCC#CI)n1. The normalized spacial score (nSPS) is 9.00. The highest BCUT2D eigenvalue weighted by atomic mass is 127. The lowest BCUT2D eigenvalue weighted by Crippen LogP contribution is -2.02. The summed E-state index contributed by atoms with van der Waals surface area (Å²) >= 11 is 7.67. The van der Waals surface area contributed by atoms with Crippen molar-refractivity contribution in [2.75, 3.05) is 13.2 Å². The minimum atomic E-state index is 0.171. The van der Waals surface area contributed by atoms with E-state index in [9.17, 15) is 0 Å². The Kier molecular flexibility index (Phi) is 5.50. The Morgan fingerprint density at radius 3 is 2.93 bits per heavy atom. The van der Waals surface area contributed by atoms with Crippen molar-refractivity contribution < 1.29 is 9.47 Å². The van der Waals surface area contributed by atoms with E-state index in [2.05, 4.69) is 19.8 Å². The van der Waals surface area contributed by atoms with Gasteiger partial charge in [0.2, 0.25) is 5.88 Å². The molecular formula is C9H8ClIN2O2. The van der Waals surface area contributed by atoms with Gasteiger partial charge in [0.05, 0.1) is 6.61 Å². The number of rotatable bonds is 4. The average Bonchev–Trinajstić information content (AvgIpc) is 2.18. The summed E-state index contributed by atoms with van der Waals surface area (Å²) in [5.74, 6) is 3.12. The lowest BCUT2D eigenvalue weighted by atomic mass is 10.6. The average molecular weight is 339 g/mol. The Labute approximate surface area is 106 Å².